The Hall–Kier alpha value is -2.86. The first-order chi connectivity index (χ1) is 18.4. The minimum Gasteiger partial charge on any atom is -0.493 e. The number of carbonyl (C=O) groups is 1. The van der Waals surface area contributed by atoms with Crippen LogP contribution in [-0.4, -0.2) is 53.7 Å². The number of halogens is 1. The Labute approximate surface area is 232 Å². The lowest BCUT2D eigenvalue weighted by Crippen LogP contribution is -2.49. The van der Waals surface area contributed by atoms with Crippen LogP contribution in [0, 0.1) is 19.3 Å². The molecule has 1 atom stereocenters. The highest BCUT2D eigenvalue weighted by Gasteiger charge is 2.39. The fraction of sp³-hybridized carbons (Fsp3) is 0.406. The van der Waals surface area contributed by atoms with Crippen molar-refractivity contribution in [3.05, 3.63) is 100 Å². The Morgan fingerprint density at radius 1 is 1.03 bits per heavy atom. The maximum Gasteiger partial charge on any atom is 0.223 e. The molecule has 1 amide bonds. The number of piperidine rings is 1. The van der Waals surface area contributed by atoms with E-state index in [1.165, 1.54) is 5.56 Å². The van der Waals surface area contributed by atoms with Crippen molar-refractivity contribution in [3.8, 4) is 5.75 Å². The maximum absolute atomic E-state index is 13.8. The van der Waals surface area contributed by atoms with E-state index >= 15 is 0 Å². The Morgan fingerprint density at radius 2 is 1.66 bits per heavy atom. The standard InChI is InChI=1S/C32H39ClN2O3/c1-25-18-29(19-26(2)31(25)33)38-24-32(14-9-15-34(23-32)21-27-10-5-3-6-11-27)20-30(37)35(16-17-36)22-28-12-7-4-8-13-28/h3-8,10-13,18-19,36H,9,14-17,20-24H2,1-2H3. The molecule has 0 bridgehead atoms. The molecule has 4 rings (SSSR count). The molecule has 3 aromatic rings. The van der Waals surface area contributed by atoms with Gasteiger partial charge in [-0.1, -0.05) is 72.3 Å². The minimum absolute atomic E-state index is 0.0523. The highest BCUT2D eigenvalue weighted by atomic mass is 35.5. The summed E-state index contributed by atoms with van der Waals surface area (Å²) in [5.74, 6) is 0.837. The average Bonchev–Trinajstić information content (AvgIpc) is 2.91. The Morgan fingerprint density at radius 3 is 2.29 bits per heavy atom. The van der Waals surface area contributed by atoms with Gasteiger partial charge in [0.25, 0.3) is 0 Å². The quantitative estimate of drug-likeness (QED) is 0.326. The number of benzene rings is 3. The van der Waals surface area contributed by atoms with Crippen LogP contribution >= 0.6 is 11.6 Å². The Bertz CT molecular complexity index is 1160. The van der Waals surface area contributed by atoms with Gasteiger partial charge >= 0.3 is 0 Å². The lowest BCUT2D eigenvalue weighted by atomic mass is 9.77. The summed E-state index contributed by atoms with van der Waals surface area (Å²) >= 11 is 6.39. The van der Waals surface area contributed by atoms with Crippen LogP contribution in [0.2, 0.25) is 5.02 Å². The van der Waals surface area contributed by atoms with E-state index in [1.54, 1.807) is 4.90 Å². The second kappa shape index (κ2) is 13.3. The maximum atomic E-state index is 13.8. The largest absolute Gasteiger partial charge is 0.493 e. The van der Waals surface area contributed by atoms with Gasteiger partial charge in [0.1, 0.15) is 5.75 Å². The van der Waals surface area contributed by atoms with Crippen molar-refractivity contribution in [1.29, 1.82) is 0 Å². The molecule has 3 aromatic carbocycles. The van der Waals surface area contributed by atoms with Crippen LogP contribution in [0.3, 0.4) is 0 Å². The van der Waals surface area contributed by atoms with Gasteiger partial charge < -0.3 is 14.7 Å². The van der Waals surface area contributed by atoms with Crippen molar-refractivity contribution in [2.75, 3.05) is 32.8 Å². The molecule has 0 aromatic heterocycles. The number of hydrogen-bond donors (Lipinski definition) is 1. The molecule has 202 valence electrons. The van der Waals surface area contributed by atoms with Gasteiger partial charge in [-0.05, 0) is 67.6 Å². The number of likely N-dealkylation sites (tertiary alicyclic amines) is 1. The van der Waals surface area contributed by atoms with Crippen LogP contribution in [0.25, 0.3) is 0 Å². The van der Waals surface area contributed by atoms with Crippen LogP contribution in [0.4, 0.5) is 0 Å². The van der Waals surface area contributed by atoms with E-state index in [0.717, 1.165) is 59.9 Å². The third kappa shape index (κ3) is 7.59. The predicted octanol–water partition coefficient (Wildman–Crippen LogP) is 6.03. The van der Waals surface area contributed by atoms with E-state index in [-0.39, 0.29) is 17.9 Å². The van der Waals surface area contributed by atoms with Crippen molar-refractivity contribution < 1.29 is 14.6 Å². The SMILES string of the molecule is Cc1cc(OCC2(CC(=O)N(CCO)Cc3ccccc3)CCCN(Cc3ccccc3)C2)cc(C)c1Cl. The molecule has 1 aliphatic heterocycles. The first-order valence-electron chi connectivity index (χ1n) is 13.5. The van der Waals surface area contributed by atoms with Crippen molar-refractivity contribution in [2.24, 2.45) is 5.41 Å². The average molecular weight is 535 g/mol. The van der Waals surface area contributed by atoms with Gasteiger partial charge in [-0.2, -0.15) is 0 Å². The van der Waals surface area contributed by atoms with E-state index in [0.29, 0.717) is 26.1 Å². The van der Waals surface area contributed by atoms with E-state index in [4.69, 9.17) is 16.3 Å². The zero-order chi connectivity index (χ0) is 27.0. The molecule has 0 spiro atoms. The van der Waals surface area contributed by atoms with Crippen molar-refractivity contribution in [1.82, 2.24) is 9.80 Å². The minimum atomic E-state index is -0.337. The lowest BCUT2D eigenvalue weighted by Gasteiger charge is -2.43. The van der Waals surface area contributed by atoms with Gasteiger partial charge in [0.2, 0.25) is 5.91 Å². The normalized spacial score (nSPS) is 17.8. The molecule has 0 saturated carbocycles. The van der Waals surface area contributed by atoms with E-state index < -0.39 is 0 Å². The summed E-state index contributed by atoms with van der Waals surface area (Å²) in [7, 11) is 0. The summed E-state index contributed by atoms with van der Waals surface area (Å²) in [5.41, 5.74) is 3.96. The van der Waals surface area contributed by atoms with Crippen LogP contribution in [0.1, 0.15) is 41.5 Å². The number of amides is 1. The molecule has 6 heteroatoms. The van der Waals surface area contributed by atoms with E-state index in [2.05, 4.69) is 29.2 Å². The summed E-state index contributed by atoms with van der Waals surface area (Å²) in [6, 6.07) is 24.4. The number of aliphatic hydroxyl groups is 1. The summed E-state index contributed by atoms with van der Waals surface area (Å²) in [4.78, 5) is 18.0. The second-order valence-electron chi connectivity index (χ2n) is 10.7. The molecule has 1 fully saturated rings. The molecule has 1 N–H and O–H groups in total. The lowest BCUT2D eigenvalue weighted by molar-refractivity contribution is -0.137. The first-order valence-corrected chi connectivity index (χ1v) is 13.8. The molecule has 5 nitrogen and oxygen atoms in total. The van der Waals surface area contributed by atoms with Gasteiger partial charge in [0, 0.05) is 43.0 Å². The zero-order valence-electron chi connectivity index (χ0n) is 22.5. The topological polar surface area (TPSA) is 53.0 Å². The molecule has 1 unspecified atom stereocenters. The first kappa shape index (κ1) is 28.2. The molecule has 0 aliphatic carbocycles. The molecular formula is C32H39ClN2O3. The molecule has 38 heavy (non-hydrogen) atoms. The number of ether oxygens (including phenoxy) is 1. The van der Waals surface area contributed by atoms with Crippen molar-refractivity contribution >= 4 is 17.5 Å². The number of aryl methyl sites for hydroxylation is 2. The van der Waals surface area contributed by atoms with Crippen molar-refractivity contribution in [2.45, 2.75) is 46.2 Å². The number of hydrogen-bond acceptors (Lipinski definition) is 4. The highest BCUT2D eigenvalue weighted by Crippen LogP contribution is 2.37. The monoisotopic (exact) mass is 534 g/mol. The van der Waals surface area contributed by atoms with Gasteiger partial charge in [0.05, 0.1) is 13.2 Å². The molecule has 0 radical (unpaired) electrons. The highest BCUT2D eigenvalue weighted by molar-refractivity contribution is 6.32. The third-order valence-electron chi connectivity index (χ3n) is 7.41. The number of nitrogens with zero attached hydrogens (tertiary/aromatic N) is 2. The Kier molecular flexibility index (Phi) is 9.84. The van der Waals surface area contributed by atoms with Gasteiger partial charge in [-0.25, -0.2) is 0 Å². The van der Waals surface area contributed by atoms with Crippen LogP contribution < -0.4 is 4.74 Å². The number of aliphatic hydroxyl groups excluding tert-OH is 1. The molecular weight excluding hydrogens is 496 g/mol. The Balaban J connectivity index is 1.55. The molecule has 1 aliphatic rings. The van der Waals surface area contributed by atoms with Gasteiger partial charge in [-0.3, -0.25) is 9.69 Å². The van der Waals surface area contributed by atoms with E-state index in [1.807, 2.05) is 62.4 Å². The third-order valence-corrected chi connectivity index (χ3v) is 8.01. The summed E-state index contributed by atoms with van der Waals surface area (Å²) in [6.45, 7) is 7.77. The number of carbonyl (C=O) groups excluding carboxylic acids is 1. The molecule has 1 heterocycles. The van der Waals surface area contributed by atoms with Gasteiger partial charge in [-0.15, -0.1) is 0 Å². The van der Waals surface area contributed by atoms with Crippen LogP contribution in [0.5, 0.6) is 5.75 Å². The van der Waals surface area contributed by atoms with Crippen LogP contribution in [-0.2, 0) is 17.9 Å². The number of rotatable bonds is 11. The van der Waals surface area contributed by atoms with E-state index in [9.17, 15) is 9.90 Å². The van der Waals surface area contributed by atoms with Crippen LogP contribution in [0.15, 0.2) is 72.8 Å². The predicted molar refractivity (Wildman–Crippen MR) is 153 cm³/mol. The summed E-state index contributed by atoms with van der Waals surface area (Å²) < 4.78 is 6.42. The smallest absolute Gasteiger partial charge is 0.223 e. The zero-order valence-corrected chi connectivity index (χ0v) is 23.3. The summed E-state index contributed by atoms with van der Waals surface area (Å²) in [5, 5.41) is 10.5. The second-order valence-corrected chi connectivity index (χ2v) is 11.0. The van der Waals surface area contributed by atoms with Gasteiger partial charge in [0.15, 0.2) is 0 Å². The fourth-order valence-corrected chi connectivity index (χ4v) is 5.58. The summed E-state index contributed by atoms with van der Waals surface area (Å²) in [6.07, 6.45) is 2.28. The molecule has 1 saturated heterocycles. The fourth-order valence-electron chi connectivity index (χ4n) is 5.47. The van der Waals surface area contributed by atoms with Crippen molar-refractivity contribution in [3.63, 3.8) is 0 Å².